The van der Waals surface area contributed by atoms with Gasteiger partial charge in [-0.05, 0) is 52.4 Å². The molecule has 2 aliphatic rings. The van der Waals surface area contributed by atoms with E-state index in [9.17, 15) is 4.79 Å². The first-order valence-corrected chi connectivity index (χ1v) is 6.62. The molecular formula is C13H24N2O2. The molecule has 0 aromatic rings. The molecule has 0 aromatic carbocycles. The molecule has 1 saturated carbocycles. The first-order valence-electron chi connectivity index (χ1n) is 6.62. The van der Waals surface area contributed by atoms with Gasteiger partial charge in [0.25, 0.3) is 0 Å². The van der Waals surface area contributed by atoms with Crippen LogP contribution in [-0.4, -0.2) is 35.2 Å². The number of carbonyl (C=O) groups excluding carboxylic acids is 1. The van der Waals surface area contributed by atoms with Crippen molar-refractivity contribution in [3.8, 4) is 0 Å². The second-order valence-corrected chi connectivity index (χ2v) is 6.36. The molecule has 1 aliphatic carbocycles. The Kier molecular flexibility index (Phi) is 3.34. The maximum Gasteiger partial charge on any atom is 0.410 e. The largest absolute Gasteiger partial charge is 0.444 e. The molecule has 17 heavy (non-hydrogen) atoms. The van der Waals surface area contributed by atoms with Gasteiger partial charge in [0, 0.05) is 18.6 Å². The zero-order valence-electron chi connectivity index (χ0n) is 11.1. The van der Waals surface area contributed by atoms with Crippen LogP contribution in [0.3, 0.4) is 0 Å². The van der Waals surface area contributed by atoms with Gasteiger partial charge in [0.15, 0.2) is 0 Å². The summed E-state index contributed by atoms with van der Waals surface area (Å²) in [5, 5.41) is 0. The SMILES string of the molecule is CC(C)(C)OC(=O)N1CC[C@H](N)C[C@@H]1C1CC1. The highest BCUT2D eigenvalue weighted by atomic mass is 16.6. The Bertz CT molecular complexity index is 294. The van der Waals surface area contributed by atoms with E-state index in [2.05, 4.69) is 0 Å². The van der Waals surface area contributed by atoms with E-state index in [1.54, 1.807) is 0 Å². The van der Waals surface area contributed by atoms with Crippen molar-refractivity contribution >= 4 is 6.09 Å². The van der Waals surface area contributed by atoms with Crippen molar-refractivity contribution in [3.05, 3.63) is 0 Å². The Hall–Kier alpha value is -0.770. The lowest BCUT2D eigenvalue weighted by atomic mass is 9.95. The van der Waals surface area contributed by atoms with Gasteiger partial charge in [0.05, 0.1) is 0 Å². The lowest BCUT2D eigenvalue weighted by Gasteiger charge is -2.39. The minimum Gasteiger partial charge on any atom is -0.444 e. The summed E-state index contributed by atoms with van der Waals surface area (Å²) in [6.45, 7) is 6.48. The van der Waals surface area contributed by atoms with Crippen molar-refractivity contribution in [1.29, 1.82) is 0 Å². The van der Waals surface area contributed by atoms with E-state index in [4.69, 9.17) is 10.5 Å². The molecule has 0 aromatic heterocycles. The predicted octanol–water partition coefficient (Wildman–Crippen LogP) is 2.12. The van der Waals surface area contributed by atoms with Gasteiger partial charge in [-0.1, -0.05) is 0 Å². The molecular weight excluding hydrogens is 216 g/mol. The summed E-state index contributed by atoms with van der Waals surface area (Å²) in [6.07, 6.45) is 4.13. The van der Waals surface area contributed by atoms with Crippen molar-refractivity contribution in [2.24, 2.45) is 11.7 Å². The minimum atomic E-state index is -0.412. The maximum atomic E-state index is 12.1. The Morgan fingerprint density at radius 1 is 1.29 bits per heavy atom. The van der Waals surface area contributed by atoms with Crippen LogP contribution in [0.1, 0.15) is 46.5 Å². The second-order valence-electron chi connectivity index (χ2n) is 6.36. The van der Waals surface area contributed by atoms with Gasteiger partial charge >= 0.3 is 6.09 Å². The molecule has 2 rings (SSSR count). The van der Waals surface area contributed by atoms with Gasteiger partial charge in [-0.2, -0.15) is 0 Å². The number of hydrogen-bond donors (Lipinski definition) is 1. The molecule has 1 amide bonds. The van der Waals surface area contributed by atoms with Crippen molar-refractivity contribution in [3.63, 3.8) is 0 Å². The third-order valence-electron chi connectivity index (χ3n) is 3.48. The molecule has 98 valence electrons. The van der Waals surface area contributed by atoms with E-state index in [0.29, 0.717) is 12.0 Å². The fourth-order valence-electron chi connectivity index (χ4n) is 2.50. The van der Waals surface area contributed by atoms with Gasteiger partial charge in [0.1, 0.15) is 5.60 Å². The van der Waals surface area contributed by atoms with E-state index in [0.717, 1.165) is 19.4 Å². The van der Waals surface area contributed by atoms with Crippen LogP contribution in [-0.2, 0) is 4.74 Å². The molecule has 4 heteroatoms. The average molecular weight is 240 g/mol. The normalized spacial score (nSPS) is 30.2. The lowest BCUT2D eigenvalue weighted by molar-refractivity contribution is 0.00540. The molecule has 0 unspecified atom stereocenters. The summed E-state index contributed by atoms with van der Waals surface area (Å²) in [4.78, 5) is 14.0. The van der Waals surface area contributed by atoms with Gasteiger partial charge < -0.3 is 15.4 Å². The Labute approximate surface area is 103 Å². The smallest absolute Gasteiger partial charge is 0.410 e. The van der Waals surface area contributed by atoms with E-state index >= 15 is 0 Å². The minimum absolute atomic E-state index is 0.165. The summed E-state index contributed by atoms with van der Waals surface area (Å²) < 4.78 is 5.47. The molecule has 2 fully saturated rings. The van der Waals surface area contributed by atoms with Crippen LogP contribution in [0.25, 0.3) is 0 Å². The van der Waals surface area contributed by atoms with Crippen molar-refractivity contribution in [2.75, 3.05) is 6.54 Å². The Balaban J connectivity index is 1.99. The number of nitrogens with two attached hydrogens (primary N) is 1. The van der Waals surface area contributed by atoms with Crippen molar-refractivity contribution < 1.29 is 9.53 Å². The van der Waals surface area contributed by atoms with Crippen LogP contribution in [0.5, 0.6) is 0 Å². The predicted molar refractivity (Wildman–Crippen MR) is 66.7 cm³/mol. The number of rotatable bonds is 1. The lowest BCUT2D eigenvalue weighted by Crippen LogP contribution is -2.52. The Morgan fingerprint density at radius 3 is 2.47 bits per heavy atom. The number of amides is 1. The first-order chi connectivity index (χ1) is 7.87. The van der Waals surface area contributed by atoms with E-state index in [-0.39, 0.29) is 12.1 Å². The third-order valence-corrected chi connectivity index (χ3v) is 3.48. The highest BCUT2D eigenvalue weighted by Crippen LogP contribution is 2.39. The molecule has 1 saturated heterocycles. The van der Waals surface area contributed by atoms with Crippen LogP contribution in [0.15, 0.2) is 0 Å². The standard InChI is InChI=1S/C13H24N2O2/c1-13(2,3)17-12(16)15-7-6-10(14)8-11(15)9-4-5-9/h9-11H,4-8,14H2,1-3H3/t10-,11+/m0/s1. The van der Waals surface area contributed by atoms with Gasteiger partial charge in [-0.25, -0.2) is 4.79 Å². The Morgan fingerprint density at radius 2 is 1.94 bits per heavy atom. The summed E-state index contributed by atoms with van der Waals surface area (Å²) in [7, 11) is 0. The highest BCUT2D eigenvalue weighted by molar-refractivity contribution is 5.68. The molecule has 2 atom stereocenters. The third kappa shape index (κ3) is 3.35. The molecule has 0 bridgehead atoms. The van der Waals surface area contributed by atoms with E-state index < -0.39 is 5.60 Å². The van der Waals surface area contributed by atoms with Crippen molar-refractivity contribution in [2.45, 2.75) is 64.1 Å². The van der Waals surface area contributed by atoms with Gasteiger partial charge in [0.2, 0.25) is 0 Å². The quantitative estimate of drug-likeness (QED) is 0.764. The van der Waals surface area contributed by atoms with E-state index in [1.165, 1.54) is 12.8 Å². The van der Waals surface area contributed by atoms with Crippen LogP contribution < -0.4 is 5.73 Å². The number of piperidine rings is 1. The topological polar surface area (TPSA) is 55.6 Å². The molecule has 0 spiro atoms. The van der Waals surface area contributed by atoms with Gasteiger partial charge in [-0.3, -0.25) is 0 Å². The van der Waals surface area contributed by atoms with Crippen molar-refractivity contribution in [1.82, 2.24) is 4.90 Å². The molecule has 4 nitrogen and oxygen atoms in total. The number of ether oxygens (including phenoxy) is 1. The number of hydrogen-bond acceptors (Lipinski definition) is 3. The average Bonchev–Trinajstić information content (AvgIpc) is 2.97. The fourth-order valence-corrected chi connectivity index (χ4v) is 2.50. The molecule has 1 aliphatic heterocycles. The summed E-state index contributed by atoms with van der Waals surface area (Å²) >= 11 is 0. The van der Waals surface area contributed by atoms with Crippen LogP contribution >= 0.6 is 0 Å². The molecule has 0 radical (unpaired) electrons. The van der Waals surface area contributed by atoms with E-state index in [1.807, 2.05) is 25.7 Å². The first kappa shape index (κ1) is 12.7. The monoisotopic (exact) mass is 240 g/mol. The molecule has 1 heterocycles. The number of likely N-dealkylation sites (tertiary alicyclic amines) is 1. The van der Waals surface area contributed by atoms with Crippen LogP contribution in [0.2, 0.25) is 0 Å². The summed E-state index contributed by atoms with van der Waals surface area (Å²) in [5.41, 5.74) is 5.59. The number of nitrogens with zero attached hydrogens (tertiary/aromatic N) is 1. The summed E-state index contributed by atoms with van der Waals surface area (Å²) in [5.74, 6) is 0.661. The number of carbonyl (C=O) groups is 1. The fraction of sp³-hybridized carbons (Fsp3) is 0.923. The zero-order valence-corrected chi connectivity index (χ0v) is 11.1. The second kappa shape index (κ2) is 4.48. The maximum absolute atomic E-state index is 12.1. The van der Waals surface area contributed by atoms with Crippen LogP contribution in [0.4, 0.5) is 4.79 Å². The van der Waals surface area contributed by atoms with Crippen LogP contribution in [0, 0.1) is 5.92 Å². The zero-order chi connectivity index (χ0) is 12.6. The molecule has 2 N–H and O–H groups in total. The summed E-state index contributed by atoms with van der Waals surface area (Å²) in [6, 6.07) is 0.563. The van der Waals surface area contributed by atoms with Gasteiger partial charge in [-0.15, -0.1) is 0 Å². The highest BCUT2D eigenvalue weighted by Gasteiger charge is 2.41.